The van der Waals surface area contributed by atoms with Gasteiger partial charge in [-0.3, -0.25) is 9.59 Å². The molecule has 2 aromatic heterocycles. The minimum atomic E-state index is -0.967. The number of hydrogen-bond acceptors (Lipinski definition) is 4. The Morgan fingerprint density at radius 2 is 1.71 bits per heavy atom. The second kappa shape index (κ2) is 9.64. The molecule has 162 valence electrons. The van der Waals surface area contributed by atoms with E-state index in [-0.39, 0.29) is 24.3 Å². The van der Waals surface area contributed by atoms with Crippen molar-refractivity contribution >= 4 is 11.8 Å². The lowest BCUT2D eigenvalue weighted by Crippen LogP contribution is -2.46. The van der Waals surface area contributed by atoms with Crippen LogP contribution in [0.5, 0.6) is 0 Å². The first-order valence-electron chi connectivity index (χ1n) is 10.5. The molecule has 3 aromatic rings. The first-order chi connectivity index (χ1) is 15.1. The van der Waals surface area contributed by atoms with Gasteiger partial charge < -0.3 is 19.1 Å². The summed E-state index contributed by atoms with van der Waals surface area (Å²) >= 11 is 0. The van der Waals surface area contributed by atoms with Crippen molar-refractivity contribution in [3.63, 3.8) is 0 Å². The van der Waals surface area contributed by atoms with Crippen LogP contribution in [-0.4, -0.2) is 22.8 Å². The molecular formula is C24H25FN2O4. The van der Waals surface area contributed by atoms with Gasteiger partial charge in [0.05, 0.1) is 19.1 Å². The highest BCUT2D eigenvalue weighted by Gasteiger charge is 2.35. The summed E-state index contributed by atoms with van der Waals surface area (Å²) in [5, 5.41) is 3.10. The van der Waals surface area contributed by atoms with Gasteiger partial charge in [0, 0.05) is 6.04 Å². The van der Waals surface area contributed by atoms with Gasteiger partial charge in [-0.1, -0.05) is 31.4 Å². The molecule has 0 aliphatic heterocycles. The summed E-state index contributed by atoms with van der Waals surface area (Å²) in [5.41, 5.74) is 0.515. The smallest absolute Gasteiger partial charge is 0.290 e. The van der Waals surface area contributed by atoms with Crippen molar-refractivity contribution in [1.29, 1.82) is 0 Å². The Hall–Kier alpha value is -3.35. The largest absolute Gasteiger partial charge is 0.467 e. The molecular weight excluding hydrogens is 399 g/mol. The third kappa shape index (κ3) is 5.05. The molecule has 0 bridgehead atoms. The fraction of sp³-hybridized carbons (Fsp3) is 0.333. The summed E-state index contributed by atoms with van der Waals surface area (Å²) in [4.78, 5) is 28.2. The molecule has 1 atom stereocenters. The molecule has 0 radical (unpaired) electrons. The van der Waals surface area contributed by atoms with Gasteiger partial charge in [-0.25, -0.2) is 4.39 Å². The van der Waals surface area contributed by atoms with Crippen molar-refractivity contribution in [2.45, 2.75) is 50.7 Å². The Bertz CT molecular complexity index is 977. The Morgan fingerprint density at radius 3 is 2.35 bits per heavy atom. The maximum Gasteiger partial charge on any atom is 0.290 e. The van der Waals surface area contributed by atoms with Crippen molar-refractivity contribution < 1.29 is 22.8 Å². The van der Waals surface area contributed by atoms with Crippen LogP contribution in [0.3, 0.4) is 0 Å². The number of hydrogen-bond donors (Lipinski definition) is 1. The van der Waals surface area contributed by atoms with Crippen LogP contribution >= 0.6 is 0 Å². The maximum absolute atomic E-state index is 13.6. The predicted molar refractivity (Wildman–Crippen MR) is 111 cm³/mol. The SMILES string of the molecule is O=C(NC1CCCCC1)[C@@H](c1ccc(F)cc1)N(Cc1ccco1)C(=O)c1ccco1. The highest BCUT2D eigenvalue weighted by molar-refractivity contribution is 5.96. The quantitative estimate of drug-likeness (QED) is 0.589. The number of rotatable bonds is 7. The number of carbonyl (C=O) groups excluding carboxylic acids is 2. The van der Waals surface area contributed by atoms with Crippen molar-refractivity contribution in [3.05, 3.63) is 84.0 Å². The van der Waals surface area contributed by atoms with E-state index in [1.807, 2.05) is 0 Å². The Kier molecular flexibility index (Phi) is 6.50. The molecule has 0 unspecified atom stereocenters. The minimum absolute atomic E-state index is 0.0622. The average molecular weight is 424 g/mol. The van der Waals surface area contributed by atoms with Gasteiger partial charge in [-0.15, -0.1) is 0 Å². The molecule has 1 aliphatic rings. The van der Waals surface area contributed by atoms with E-state index in [1.54, 1.807) is 24.3 Å². The summed E-state index contributed by atoms with van der Waals surface area (Å²) in [6, 6.07) is 11.4. The predicted octanol–water partition coefficient (Wildman–Crippen LogP) is 4.84. The number of halogens is 1. The van der Waals surface area contributed by atoms with Gasteiger partial charge >= 0.3 is 0 Å². The molecule has 7 heteroatoms. The molecule has 0 spiro atoms. The van der Waals surface area contributed by atoms with Gasteiger partial charge in [0.1, 0.15) is 17.6 Å². The van der Waals surface area contributed by atoms with Gasteiger partial charge in [-0.05, 0) is 54.8 Å². The average Bonchev–Trinajstić information content (AvgIpc) is 3.49. The van der Waals surface area contributed by atoms with E-state index in [0.29, 0.717) is 11.3 Å². The minimum Gasteiger partial charge on any atom is -0.467 e. The summed E-state index contributed by atoms with van der Waals surface area (Å²) < 4.78 is 24.4. The third-order valence-corrected chi connectivity index (χ3v) is 5.60. The van der Waals surface area contributed by atoms with E-state index < -0.39 is 17.8 Å². The molecule has 1 aromatic carbocycles. The van der Waals surface area contributed by atoms with E-state index in [2.05, 4.69) is 5.32 Å². The van der Waals surface area contributed by atoms with E-state index in [4.69, 9.17) is 8.83 Å². The van der Waals surface area contributed by atoms with Crippen molar-refractivity contribution in [2.24, 2.45) is 0 Å². The molecule has 0 saturated heterocycles. The highest BCUT2D eigenvalue weighted by atomic mass is 19.1. The lowest BCUT2D eigenvalue weighted by atomic mass is 9.94. The molecule has 2 amide bonds. The summed E-state index contributed by atoms with van der Waals surface area (Å²) in [6.07, 6.45) is 8.03. The second-order valence-electron chi connectivity index (χ2n) is 7.79. The molecule has 4 rings (SSSR count). The van der Waals surface area contributed by atoms with Crippen LogP contribution in [-0.2, 0) is 11.3 Å². The Labute approximate surface area is 180 Å². The van der Waals surface area contributed by atoms with Crippen molar-refractivity contribution in [3.8, 4) is 0 Å². The highest BCUT2D eigenvalue weighted by Crippen LogP contribution is 2.28. The zero-order chi connectivity index (χ0) is 21.6. The number of furan rings is 2. The number of carbonyl (C=O) groups is 2. The Morgan fingerprint density at radius 1 is 1.00 bits per heavy atom. The number of nitrogens with zero attached hydrogens (tertiary/aromatic N) is 1. The summed E-state index contributed by atoms with van der Waals surface area (Å²) in [7, 11) is 0. The van der Waals surface area contributed by atoms with Crippen molar-refractivity contribution in [1.82, 2.24) is 10.2 Å². The van der Waals surface area contributed by atoms with Gasteiger partial charge in [0.2, 0.25) is 5.91 Å². The monoisotopic (exact) mass is 424 g/mol. The van der Waals surface area contributed by atoms with Gasteiger partial charge in [0.25, 0.3) is 5.91 Å². The van der Waals surface area contributed by atoms with Gasteiger partial charge in [-0.2, -0.15) is 0 Å². The zero-order valence-corrected chi connectivity index (χ0v) is 17.1. The van der Waals surface area contributed by atoms with E-state index in [0.717, 1.165) is 32.1 Å². The zero-order valence-electron chi connectivity index (χ0n) is 17.1. The lowest BCUT2D eigenvalue weighted by Gasteiger charge is -2.32. The number of benzene rings is 1. The molecule has 1 N–H and O–H groups in total. The Balaban J connectivity index is 1.70. The van der Waals surface area contributed by atoms with Crippen LogP contribution < -0.4 is 5.32 Å². The first-order valence-corrected chi connectivity index (χ1v) is 10.5. The van der Waals surface area contributed by atoms with Gasteiger partial charge in [0.15, 0.2) is 5.76 Å². The lowest BCUT2D eigenvalue weighted by molar-refractivity contribution is -0.127. The maximum atomic E-state index is 13.6. The topological polar surface area (TPSA) is 75.7 Å². The van der Waals surface area contributed by atoms with Crippen LogP contribution in [0, 0.1) is 5.82 Å². The molecule has 6 nitrogen and oxygen atoms in total. The van der Waals surface area contributed by atoms with Crippen LogP contribution in [0.1, 0.15) is 60.0 Å². The van der Waals surface area contributed by atoms with Crippen LogP contribution in [0.15, 0.2) is 69.9 Å². The van der Waals surface area contributed by atoms with Crippen molar-refractivity contribution in [2.75, 3.05) is 0 Å². The van der Waals surface area contributed by atoms with Crippen LogP contribution in [0.4, 0.5) is 4.39 Å². The molecule has 1 saturated carbocycles. The molecule has 31 heavy (non-hydrogen) atoms. The van der Waals surface area contributed by atoms with E-state index in [9.17, 15) is 14.0 Å². The molecule has 1 aliphatic carbocycles. The third-order valence-electron chi connectivity index (χ3n) is 5.60. The standard InChI is InChI=1S/C24H25FN2O4/c25-18-12-10-17(11-13-18)22(23(28)26-19-6-2-1-3-7-19)27(16-20-8-4-14-30-20)24(29)21-9-5-15-31-21/h4-5,8-15,19,22H,1-3,6-7,16H2,(H,26,28)/t22-/m1/s1. The number of amides is 2. The van der Waals surface area contributed by atoms with E-state index in [1.165, 1.54) is 41.7 Å². The van der Waals surface area contributed by atoms with Crippen LogP contribution in [0.25, 0.3) is 0 Å². The fourth-order valence-corrected chi connectivity index (χ4v) is 4.04. The summed E-state index contributed by atoms with van der Waals surface area (Å²) in [5.74, 6) is -0.522. The summed E-state index contributed by atoms with van der Waals surface area (Å²) in [6.45, 7) is 0.0622. The van der Waals surface area contributed by atoms with Crippen LogP contribution in [0.2, 0.25) is 0 Å². The first kappa shape index (κ1) is 20.9. The normalized spacial score (nSPS) is 15.4. The molecule has 1 fully saturated rings. The second-order valence-corrected chi connectivity index (χ2v) is 7.79. The van der Waals surface area contributed by atoms with E-state index >= 15 is 0 Å². The molecule has 2 heterocycles. The number of nitrogens with one attached hydrogen (secondary N) is 1. The fourth-order valence-electron chi connectivity index (χ4n) is 4.04.